The SMILES string of the molecule is CNC(C)Cc1noc(-c2ccc(OC)c(S(=O)(=O)NC3CCCC3)c2)n1. The van der Waals surface area contributed by atoms with Crippen molar-refractivity contribution < 1.29 is 17.7 Å². The summed E-state index contributed by atoms with van der Waals surface area (Å²) in [7, 11) is -0.391. The molecule has 8 nitrogen and oxygen atoms in total. The molecule has 1 aromatic carbocycles. The first kappa shape index (κ1) is 19.8. The molecule has 148 valence electrons. The predicted molar refractivity (Wildman–Crippen MR) is 101 cm³/mol. The molecule has 0 amide bonds. The number of nitrogens with one attached hydrogen (secondary N) is 2. The van der Waals surface area contributed by atoms with Gasteiger partial charge < -0.3 is 14.6 Å². The van der Waals surface area contributed by atoms with E-state index in [2.05, 4.69) is 20.2 Å². The van der Waals surface area contributed by atoms with Gasteiger partial charge in [-0.15, -0.1) is 0 Å². The van der Waals surface area contributed by atoms with Gasteiger partial charge in [0, 0.05) is 24.1 Å². The van der Waals surface area contributed by atoms with E-state index in [4.69, 9.17) is 9.26 Å². The van der Waals surface area contributed by atoms with Gasteiger partial charge in [-0.25, -0.2) is 13.1 Å². The largest absolute Gasteiger partial charge is 0.495 e. The minimum Gasteiger partial charge on any atom is -0.495 e. The third-order valence-corrected chi connectivity index (χ3v) is 6.37. The van der Waals surface area contributed by atoms with Crippen molar-refractivity contribution in [3.8, 4) is 17.2 Å². The van der Waals surface area contributed by atoms with E-state index in [0.29, 0.717) is 17.8 Å². The van der Waals surface area contributed by atoms with Crippen LogP contribution in [0.2, 0.25) is 0 Å². The molecule has 1 saturated carbocycles. The van der Waals surface area contributed by atoms with E-state index in [1.807, 2.05) is 14.0 Å². The topological polar surface area (TPSA) is 106 Å². The van der Waals surface area contributed by atoms with Gasteiger partial charge >= 0.3 is 0 Å². The van der Waals surface area contributed by atoms with Crippen LogP contribution in [0.5, 0.6) is 5.75 Å². The molecule has 27 heavy (non-hydrogen) atoms. The lowest BCUT2D eigenvalue weighted by atomic mass is 10.2. The van der Waals surface area contributed by atoms with Crippen molar-refractivity contribution in [2.24, 2.45) is 0 Å². The fraction of sp³-hybridized carbons (Fsp3) is 0.556. The number of benzene rings is 1. The third kappa shape index (κ3) is 4.66. The molecule has 1 heterocycles. The molecule has 1 atom stereocenters. The first-order chi connectivity index (χ1) is 12.9. The average Bonchev–Trinajstić information content (AvgIpc) is 3.32. The average molecular weight is 394 g/mol. The minimum atomic E-state index is -3.71. The van der Waals surface area contributed by atoms with Crippen LogP contribution in [0, 0.1) is 0 Å². The summed E-state index contributed by atoms with van der Waals surface area (Å²) in [4.78, 5) is 4.46. The number of methoxy groups -OCH3 is 1. The molecule has 1 aromatic heterocycles. The Morgan fingerprint density at radius 3 is 2.74 bits per heavy atom. The maximum absolute atomic E-state index is 12.9. The highest BCUT2D eigenvalue weighted by Crippen LogP contribution is 2.30. The first-order valence-corrected chi connectivity index (χ1v) is 10.6. The maximum atomic E-state index is 12.9. The summed E-state index contributed by atoms with van der Waals surface area (Å²) in [6.07, 6.45) is 4.42. The van der Waals surface area contributed by atoms with Gasteiger partial charge in [0.05, 0.1) is 7.11 Å². The van der Waals surface area contributed by atoms with Crippen LogP contribution in [-0.2, 0) is 16.4 Å². The third-order valence-electron chi connectivity index (χ3n) is 4.83. The number of nitrogens with zero attached hydrogens (tertiary/aromatic N) is 2. The summed E-state index contributed by atoms with van der Waals surface area (Å²) in [6, 6.07) is 5.03. The molecule has 9 heteroatoms. The van der Waals surface area contributed by atoms with Crippen LogP contribution in [0.4, 0.5) is 0 Å². The number of ether oxygens (including phenoxy) is 1. The van der Waals surface area contributed by atoms with Crippen molar-refractivity contribution in [1.29, 1.82) is 0 Å². The van der Waals surface area contributed by atoms with Crippen LogP contribution < -0.4 is 14.8 Å². The molecular weight excluding hydrogens is 368 g/mol. The van der Waals surface area contributed by atoms with Gasteiger partial charge in [-0.2, -0.15) is 4.98 Å². The molecular formula is C18H26N4O4S. The van der Waals surface area contributed by atoms with Crippen LogP contribution >= 0.6 is 0 Å². The monoisotopic (exact) mass is 394 g/mol. The molecule has 1 unspecified atom stereocenters. The molecule has 2 N–H and O–H groups in total. The van der Waals surface area contributed by atoms with E-state index in [-0.39, 0.29) is 28.6 Å². The van der Waals surface area contributed by atoms with Gasteiger partial charge in [0.25, 0.3) is 5.89 Å². The summed E-state index contributed by atoms with van der Waals surface area (Å²) in [5.74, 6) is 1.14. The van der Waals surface area contributed by atoms with E-state index in [9.17, 15) is 8.42 Å². The Hall–Kier alpha value is -1.97. The molecule has 0 aliphatic heterocycles. The molecule has 1 fully saturated rings. The van der Waals surface area contributed by atoms with Crippen molar-refractivity contribution in [2.45, 2.75) is 56.0 Å². The molecule has 0 spiro atoms. The zero-order valence-corrected chi connectivity index (χ0v) is 16.7. The van der Waals surface area contributed by atoms with E-state index >= 15 is 0 Å². The lowest BCUT2D eigenvalue weighted by molar-refractivity contribution is 0.401. The van der Waals surface area contributed by atoms with Crippen molar-refractivity contribution in [2.75, 3.05) is 14.2 Å². The smallest absolute Gasteiger partial charge is 0.257 e. The van der Waals surface area contributed by atoms with E-state index in [0.717, 1.165) is 25.7 Å². The molecule has 0 saturated heterocycles. The van der Waals surface area contributed by atoms with Crippen LogP contribution in [0.25, 0.3) is 11.5 Å². The summed E-state index contributed by atoms with van der Waals surface area (Å²) in [5.41, 5.74) is 0.540. The van der Waals surface area contributed by atoms with Crippen molar-refractivity contribution >= 4 is 10.0 Å². The van der Waals surface area contributed by atoms with E-state index in [1.54, 1.807) is 12.1 Å². The molecule has 3 rings (SSSR count). The molecule has 1 aliphatic carbocycles. The number of sulfonamides is 1. The highest BCUT2D eigenvalue weighted by Gasteiger charge is 2.26. The van der Waals surface area contributed by atoms with Crippen LogP contribution in [0.3, 0.4) is 0 Å². The van der Waals surface area contributed by atoms with Crippen LogP contribution in [-0.4, -0.2) is 44.8 Å². The number of hydrogen-bond acceptors (Lipinski definition) is 7. The van der Waals surface area contributed by atoms with Crippen LogP contribution in [0.15, 0.2) is 27.6 Å². The van der Waals surface area contributed by atoms with Crippen molar-refractivity contribution in [1.82, 2.24) is 20.2 Å². The van der Waals surface area contributed by atoms with Gasteiger partial charge in [0.15, 0.2) is 5.82 Å². The summed E-state index contributed by atoms with van der Waals surface area (Å²) in [5, 5.41) is 7.09. The highest BCUT2D eigenvalue weighted by atomic mass is 32.2. The molecule has 0 bridgehead atoms. The normalized spacial score (nSPS) is 16.6. The molecule has 1 aliphatic rings. The minimum absolute atomic E-state index is 0.0265. The Labute approximate surface area is 159 Å². The highest BCUT2D eigenvalue weighted by molar-refractivity contribution is 7.89. The number of rotatable bonds is 8. The van der Waals surface area contributed by atoms with Gasteiger partial charge in [-0.05, 0) is 45.0 Å². The number of aromatic nitrogens is 2. The second-order valence-electron chi connectivity index (χ2n) is 6.88. The van der Waals surface area contributed by atoms with E-state index < -0.39 is 10.0 Å². The Morgan fingerprint density at radius 1 is 1.33 bits per heavy atom. The lowest BCUT2D eigenvalue weighted by Crippen LogP contribution is -2.32. The van der Waals surface area contributed by atoms with Crippen LogP contribution in [0.1, 0.15) is 38.4 Å². The second-order valence-corrected chi connectivity index (χ2v) is 8.56. The maximum Gasteiger partial charge on any atom is 0.257 e. The molecule has 0 radical (unpaired) electrons. The number of hydrogen-bond donors (Lipinski definition) is 2. The summed E-state index contributed by atoms with van der Waals surface area (Å²) < 4.78 is 39.1. The second kappa shape index (κ2) is 8.37. The van der Waals surface area contributed by atoms with E-state index in [1.165, 1.54) is 13.2 Å². The Kier molecular flexibility index (Phi) is 6.13. The zero-order chi connectivity index (χ0) is 19.4. The standard InChI is InChI=1S/C18H26N4O4S/c1-12(19-2)10-17-20-18(26-21-17)13-8-9-15(25-3)16(11-13)27(23,24)22-14-6-4-5-7-14/h8-9,11-12,14,19,22H,4-7,10H2,1-3H3. The summed E-state index contributed by atoms with van der Waals surface area (Å²) in [6.45, 7) is 2.02. The quantitative estimate of drug-likeness (QED) is 0.706. The Bertz CT molecular complexity index is 875. The first-order valence-electron chi connectivity index (χ1n) is 9.13. The Balaban J connectivity index is 1.89. The van der Waals surface area contributed by atoms with Crippen molar-refractivity contribution in [3.05, 3.63) is 24.0 Å². The number of likely N-dealkylation sites (N-methyl/N-ethyl adjacent to an activating group) is 1. The van der Waals surface area contributed by atoms with Gasteiger partial charge in [0.1, 0.15) is 10.6 Å². The van der Waals surface area contributed by atoms with Gasteiger partial charge in [0.2, 0.25) is 10.0 Å². The summed E-state index contributed by atoms with van der Waals surface area (Å²) >= 11 is 0. The van der Waals surface area contributed by atoms with Gasteiger partial charge in [-0.1, -0.05) is 18.0 Å². The predicted octanol–water partition coefficient (Wildman–Crippen LogP) is 2.12. The fourth-order valence-corrected chi connectivity index (χ4v) is 4.68. The van der Waals surface area contributed by atoms with Crippen molar-refractivity contribution in [3.63, 3.8) is 0 Å². The fourth-order valence-electron chi connectivity index (χ4n) is 3.18. The lowest BCUT2D eigenvalue weighted by Gasteiger charge is -2.15. The Morgan fingerprint density at radius 2 is 2.07 bits per heavy atom. The zero-order valence-electron chi connectivity index (χ0n) is 15.9. The van der Waals surface area contributed by atoms with Gasteiger partial charge in [-0.3, -0.25) is 0 Å². The molecule has 2 aromatic rings.